The topological polar surface area (TPSA) is 12.0 Å². The van der Waals surface area contributed by atoms with Crippen molar-refractivity contribution < 1.29 is 13.2 Å². The maximum atomic E-state index is 12.7. The summed E-state index contributed by atoms with van der Waals surface area (Å²) in [5.74, 6) is 0. The fourth-order valence-corrected chi connectivity index (χ4v) is 1.77. The highest BCUT2D eigenvalue weighted by Gasteiger charge is 2.32. The van der Waals surface area contributed by atoms with Crippen molar-refractivity contribution in [2.24, 2.45) is 0 Å². The molecule has 1 N–H and O–H groups in total. The Bertz CT molecular complexity index is 347. The Hall–Kier alpha value is -1.03. The second kappa shape index (κ2) is 6.05. The molecule has 1 unspecified atom stereocenters. The van der Waals surface area contributed by atoms with Crippen LogP contribution in [0.5, 0.6) is 0 Å². The van der Waals surface area contributed by atoms with Crippen molar-refractivity contribution in [2.45, 2.75) is 45.5 Å². The molecule has 0 aliphatic carbocycles. The molecule has 0 amide bonds. The summed E-state index contributed by atoms with van der Waals surface area (Å²) >= 11 is 0. The number of hydrogen-bond donors (Lipinski definition) is 1. The zero-order chi connectivity index (χ0) is 12.9. The third-order valence-corrected chi connectivity index (χ3v) is 2.69. The van der Waals surface area contributed by atoms with Crippen LogP contribution < -0.4 is 5.32 Å². The lowest BCUT2D eigenvalue weighted by molar-refractivity contribution is -0.138. The van der Waals surface area contributed by atoms with E-state index < -0.39 is 11.7 Å². The Morgan fingerprint density at radius 2 is 1.88 bits per heavy atom. The largest absolute Gasteiger partial charge is 0.416 e. The van der Waals surface area contributed by atoms with Gasteiger partial charge >= 0.3 is 6.18 Å². The van der Waals surface area contributed by atoms with Gasteiger partial charge in [0, 0.05) is 12.6 Å². The van der Waals surface area contributed by atoms with E-state index in [2.05, 4.69) is 12.2 Å². The van der Waals surface area contributed by atoms with Gasteiger partial charge in [-0.3, -0.25) is 0 Å². The Morgan fingerprint density at radius 1 is 1.24 bits per heavy atom. The number of halogens is 3. The normalized spacial score (nSPS) is 13.7. The number of rotatable bonds is 5. The molecular weight excluding hydrogens is 227 g/mol. The molecule has 0 spiro atoms. The predicted octanol–water partition coefficient (Wildman–Crippen LogP) is 3.98. The van der Waals surface area contributed by atoms with Crippen molar-refractivity contribution in [3.8, 4) is 0 Å². The van der Waals surface area contributed by atoms with Crippen molar-refractivity contribution in [1.29, 1.82) is 0 Å². The summed E-state index contributed by atoms with van der Waals surface area (Å²) in [5.41, 5.74) is -0.237. The summed E-state index contributed by atoms with van der Waals surface area (Å²) < 4.78 is 38.1. The van der Waals surface area contributed by atoms with E-state index in [9.17, 15) is 13.2 Å². The molecule has 1 nitrogen and oxygen atoms in total. The second-order valence-corrected chi connectivity index (χ2v) is 4.23. The van der Waals surface area contributed by atoms with Gasteiger partial charge in [0.05, 0.1) is 5.56 Å². The monoisotopic (exact) mass is 245 g/mol. The van der Waals surface area contributed by atoms with Gasteiger partial charge in [0.25, 0.3) is 0 Å². The zero-order valence-corrected chi connectivity index (χ0v) is 10.1. The highest BCUT2D eigenvalue weighted by atomic mass is 19.4. The molecule has 0 bridgehead atoms. The van der Waals surface area contributed by atoms with Crippen LogP contribution in [0.1, 0.15) is 37.8 Å². The molecule has 17 heavy (non-hydrogen) atoms. The molecule has 1 aromatic rings. The molecular formula is C13H18F3N. The smallest absolute Gasteiger partial charge is 0.310 e. The molecule has 1 rings (SSSR count). The first-order valence-corrected chi connectivity index (χ1v) is 5.83. The van der Waals surface area contributed by atoms with E-state index in [1.165, 1.54) is 12.1 Å². The third-order valence-electron chi connectivity index (χ3n) is 2.69. The SMILES string of the molecule is CCCC(C)NCc1ccccc1C(F)(F)F. The fourth-order valence-electron chi connectivity index (χ4n) is 1.77. The van der Waals surface area contributed by atoms with E-state index in [4.69, 9.17) is 0 Å². The molecule has 0 radical (unpaired) electrons. The molecule has 1 aromatic carbocycles. The van der Waals surface area contributed by atoms with Crippen molar-refractivity contribution in [3.63, 3.8) is 0 Å². The maximum Gasteiger partial charge on any atom is 0.416 e. The maximum absolute atomic E-state index is 12.7. The molecule has 0 saturated heterocycles. The summed E-state index contributed by atoms with van der Waals surface area (Å²) in [6, 6.07) is 5.94. The molecule has 0 saturated carbocycles. The van der Waals surface area contributed by atoms with Crippen LogP contribution in [-0.2, 0) is 12.7 Å². The van der Waals surface area contributed by atoms with Gasteiger partial charge in [-0.2, -0.15) is 13.2 Å². The Kier molecular flexibility index (Phi) is 5.00. The number of benzene rings is 1. The number of alkyl halides is 3. The van der Waals surface area contributed by atoms with E-state index in [1.54, 1.807) is 6.07 Å². The van der Waals surface area contributed by atoms with E-state index in [0.717, 1.165) is 18.9 Å². The van der Waals surface area contributed by atoms with Gasteiger partial charge in [-0.15, -0.1) is 0 Å². The minimum Gasteiger partial charge on any atom is -0.310 e. The van der Waals surface area contributed by atoms with Gasteiger partial charge in [0.2, 0.25) is 0 Å². The standard InChI is InChI=1S/C13H18F3N/c1-3-6-10(2)17-9-11-7-4-5-8-12(11)13(14,15)16/h4-5,7-8,10,17H,3,6,9H2,1-2H3. The van der Waals surface area contributed by atoms with Crippen LogP contribution in [0, 0.1) is 0 Å². The molecule has 1 atom stereocenters. The van der Waals surface area contributed by atoms with Gasteiger partial charge in [0.15, 0.2) is 0 Å². The van der Waals surface area contributed by atoms with E-state index in [1.807, 2.05) is 6.92 Å². The summed E-state index contributed by atoms with van der Waals surface area (Å²) in [6.45, 7) is 4.30. The summed E-state index contributed by atoms with van der Waals surface area (Å²) in [6.07, 6.45) is -2.28. The fraction of sp³-hybridized carbons (Fsp3) is 0.538. The molecule has 0 aliphatic heterocycles. The average molecular weight is 245 g/mol. The molecule has 96 valence electrons. The molecule has 0 heterocycles. The van der Waals surface area contributed by atoms with Crippen LogP contribution in [-0.4, -0.2) is 6.04 Å². The highest BCUT2D eigenvalue weighted by molar-refractivity contribution is 5.29. The highest BCUT2D eigenvalue weighted by Crippen LogP contribution is 2.31. The Morgan fingerprint density at radius 3 is 2.47 bits per heavy atom. The van der Waals surface area contributed by atoms with Crippen molar-refractivity contribution in [2.75, 3.05) is 0 Å². The van der Waals surface area contributed by atoms with Crippen LogP contribution in [0.2, 0.25) is 0 Å². The first-order valence-electron chi connectivity index (χ1n) is 5.83. The summed E-state index contributed by atoms with van der Waals surface area (Å²) in [5, 5.41) is 3.11. The van der Waals surface area contributed by atoms with Crippen molar-refractivity contribution in [3.05, 3.63) is 35.4 Å². The average Bonchev–Trinajstić information content (AvgIpc) is 2.26. The summed E-state index contributed by atoms with van der Waals surface area (Å²) in [7, 11) is 0. The van der Waals surface area contributed by atoms with Crippen LogP contribution in [0.4, 0.5) is 13.2 Å². The number of nitrogens with one attached hydrogen (secondary N) is 1. The van der Waals surface area contributed by atoms with Gasteiger partial charge < -0.3 is 5.32 Å². The zero-order valence-electron chi connectivity index (χ0n) is 10.1. The molecule has 0 fully saturated rings. The Balaban J connectivity index is 2.71. The van der Waals surface area contributed by atoms with E-state index in [-0.39, 0.29) is 12.6 Å². The van der Waals surface area contributed by atoms with E-state index >= 15 is 0 Å². The van der Waals surface area contributed by atoms with Gasteiger partial charge in [-0.25, -0.2) is 0 Å². The lowest BCUT2D eigenvalue weighted by Crippen LogP contribution is -2.26. The lowest BCUT2D eigenvalue weighted by Gasteiger charge is -2.16. The minimum atomic E-state index is -4.27. The molecule has 0 aliphatic rings. The van der Waals surface area contributed by atoms with Crippen molar-refractivity contribution >= 4 is 0 Å². The van der Waals surface area contributed by atoms with Crippen LogP contribution >= 0.6 is 0 Å². The lowest BCUT2D eigenvalue weighted by atomic mass is 10.1. The predicted molar refractivity (Wildman–Crippen MR) is 62.7 cm³/mol. The van der Waals surface area contributed by atoms with Gasteiger partial charge in [-0.05, 0) is 25.0 Å². The van der Waals surface area contributed by atoms with Gasteiger partial charge in [-0.1, -0.05) is 31.5 Å². The van der Waals surface area contributed by atoms with E-state index in [0.29, 0.717) is 5.56 Å². The Labute approximate surface area is 100 Å². The molecule has 0 aromatic heterocycles. The summed E-state index contributed by atoms with van der Waals surface area (Å²) in [4.78, 5) is 0. The van der Waals surface area contributed by atoms with Crippen molar-refractivity contribution in [1.82, 2.24) is 5.32 Å². The molecule has 4 heteroatoms. The first-order chi connectivity index (χ1) is 7.95. The second-order valence-electron chi connectivity index (χ2n) is 4.23. The minimum absolute atomic E-state index is 0.237. The van der Waals surface area contributed by atoms with Crippen LogP contribution in [0.25, 0.3) is 0 Å². The third kappa shape index (κ3) is 4.38. The number of hydrogen-bond acceptors (Lipinski definition) is 1. The first kappa shape index (κ1) is 14.0. The quantitative estimate of drug-likeness (QED) is 0.827. The van der Waals surface area contributed by atoms with Gasteiger partial charge in [0.1, 0.15) is 0 Å². The van der Waals surface area contributed by atoms with Crippen LogP contribution in [0.15, 0.2) is 24.3 Å². The van der Waals surface area contributed by atoms with Crippen LogP contribution in [0.3, 0.4) is 0 Å².